The number of nitrogens with zero attached hydrogens (tertiary/aromatic N) is 4. The summed E-state index contributed by atoms with van der Waals surface area (Å²) in [6.07, 6.45) is 3.50. The van der Waals surface area contributed by atoms with Gasteiger partial charge in [0.2, 0.25) is 10.0 Å². The van der Waals surface area contributed by atoms with E-state index in [9.17, 15) is 8.42 Å². The van der Waals surface area contributed by atoms with Crippen LogP contribution in [0.4, 0.5) is 5.13 Å². The molecule has 1 fully saturated rings. The number of piperazine rings is 1. The van der Waals surface area contributed by atoms with Crippen molar-refractivity contribution in [3.63, 3.8) is 0 Å². The number of pyridine rings is 1. The molecule has 1 saturated heterocycles. The minimum Gasteiger partial charge on any atom is -0.497 e. The molecule has 0 amide bonds. The van der Waals surface area contributed by atoms with Gasteiger partial charge < -0.3 is 9.64 Å². The predicted molar refractivity (Wildman–Crippen MR) is 114 cm³/mol. The van der Waals surface area contributed by atoms with Crippen LogP contribution in [0.5, 0.6) is 5.75 Å². The largest absolute Gasteiger partial charge is 0.497 e. The molecular weight excluding hydrogens is 408 g/mol. The topological polar surface area (TPSA) is 75.6 Å². The molecule has 0 aliphatic carbocycles. The molecule has 1 aliphatic rings. The molecule has 1 atom stereocenters. The van der Waals surface area contributed by atoms with Crippen molar-refractivity contribution in [2.24, 2.45) is 0 Å². The van der Waals surface area contributed by atoms with Gasteiger partial charge in [-0.2, -0.15) is 4.31 Å². The van der Waals surface area contributed by atoms with Gasteiger partial charge in [-0.3, -0.25) is 4.98 Å². The van der Waals surface area contributed by atoms with Crippen LogP contribution >= 0.6 is 11.3 Å². The van der Waals surface area contributed by atoms with Crippen LogP contribution in [0.3, 0.4) is 0 Å². The summed E-state index contributed by atoms with van der Waals surface area (Å²) >= 11 is 1.58. The zero-order valence-electron chi connectivity index (χ0n) is 16.2. The summed E-state index contributed by atoms with van der Waals surface area (Å²) in [4.78, 5) is 11.3. The Bertz CT molecular complexity index is 1070. The summed E-state index contributed by atoms with van der Waals surface area (Å²) in [6.45, 7) is 3.46. The minimum atomic E-state index is -3.54. The number of hydrogen-bond donors (Lipinski definition) is 0. The molecule has 0 spiro atoms. The first kappa shape index (κ1) is 19.8. The van der Waals surface area contributed by atoms with Gasteiger partial charge in [-0.15, -0.1) is 11.3 Å². The molecule has 152 valence electrons. The molecule has 1 aliphatic heterocycles. The van der Waals surface area contributed by atoms with Crippen LogP contribution in [0, 0.1) is 0 Å². The summed E-state index contributed by atoms with van der Waals surface area (Å²) in [5.41, 5.74) is 1.93. The number of sulfonamides is 1. The number of methoxy groups -OCH3 is 1. The normalized spacial score (nSPS) is 18.0. The Morgan fingerprint density at radius 3 is 2.48 bits per heavy atom. The number of aromatic nitrogens is 2. The van der Waals surface area contributed by atoms with Crippen molar-refractivity contribution in [3.8, 4) is 17.0 Å². The van der Waals surface area contributed by atoms with Crippen molar-refractivity contribution < 1.29 is 13.2 Å². The van der Waals surface area contributed by atoms with E-state index >= 15 is 0 Å². The second-order valence-electron chi connectivity index (χ2n) is 6.83. The number of hydrogen-bond acceptors (Lipinski definition) is 7. The Morgan fingerprint density at radius 2 is 1.83 bits per heavy atom. The highest BCUT2D eigenvalue weighted by Gasteiger charge is 2.33. The Hall–Kier alpha value is -2.49. The van der Waals surface area contributed by atoms with Gasteiger partial charge in [-0.25, -0.2) is 13.4 Å². The highest BCUT2D eigenvalue weighted by atomic mass is 32.2. The number of rotatable bonds is 5. The van der Waals surface area contributed by atoms with Crippen LogP contribution < -0.4 is 9.64 Å². The van der Waals surface area contributed by atoms with Crippen LogP contribution in [0.1, 0.15) is 6.92 Å². The lowest BCUT2D eigenvalue weighted by Crippen LogP contribution is -2.53. The Balaban J connectivity index is 1.49. The van der Waals surface area contributed by atoms with Crippen molar-refractivity contribution in [2.45, 2.75) is 17.9 Å². The Morgan fingerprint density at radius 1 is 1.10 bits per heavy atom. The minimum absolute atomic E-state index is 0.0215. The number of benzene rings is 1. The highest BCUT2D eigenvalue weighted by Crippen LogP contribution is 2.30. The molecule has 2 aromatic heterocycles. The third-order valence-corrected chi connectivity index (χ3v) is 7.76. The molecule has 9 heteroatoms. The standard InChI is InChI=1S/C20H22N4O3S2/c1-15-13-23(29(25,26)18-5-3-17(27-2)4-6-18)11-12-24(15)20-22-19(14-28-20)16-7-9-21-10-8-16/h3-10,14-15H,11-13H2,1-2H3. The number of ether oxygens (including phenoxy) is 1. The summed E-state index contributed by atoms with van der Waals surface area (Å²) in [5.74, 6) is 0.635. The van der Waals surface area contributed by atoms with Gasteiger partial charge in [0.05, 0.1) is 17.7 Å². The molecule has 1 unspecified atom stereocenters. The van der Waals surface area contributed by atoms with Gasteiger partial charge in [-0.05, 0) is 43.3 Å². The molecule has 3 aromatic rings. The first-order valence-corrected chi connectivity index (χ1v) is 11.6. The van der Waals surface area contributed by atoms with Crippen LogP contribution in [0.25, 0.3) is 11.3 Å². The number of thiazole rings is 1. The van der Waals surface area contributed by atoms with E-state index in [1.807, 2.05) is 24.4 Å². The van der Waals surface area contributed by atoms with Crippen molar-refractivity contribution in [1.82, 2.24) is 14.3 Å². The summed E-state index contributed by atoms with van der Waals surface area (Å²) in [5, 5.41) is 2.93. The average Bonchev–Trinajstić information content (AvgIpc) is 3.24. The first-order valence-electron chi connectivity index (χ1n) is 9.26. The molecule has 1 aromatic carbocycles. The zero-order chi connectivity index (χ0) is 20.4. The van der Waals surface area contributed by atoms with Crippen LogP contribution in [0.15, 0.2) is 59.1 Å². The summed E-state index contributed by atoms with van der Waals surface area (Å²) < 4.78 is 32.7. The SMILES string of the molecule is COc1ccc(S(=O)(=O)N2CCN(c3nc(-c4ccncc4)cs3)C(C)C2)cc1. The lowest BCUT2D eigenvalue weighted by atomic mass is 10.2. The van der Waals surface area contributed by atoms with Crippen LogP contribution in [0.2, 0.25) is 0 Å². The van der Waals surface area contributed by atoms with Crippen LogP contribution in [-0.4, -0.2) is 55.5 Å². The third kappa shape index (κ3) is 3.98. The lowest BCUT2D eigenvalue weighted by molar-refractivity contribution is 0.342. The summed E-state index contributed by atoms with van der Waals surface area (Å²) in [6, 6.07) is 10.4. The second kappa shape index (κ2) is 8.10. The maximum Gasteiger partial charge on any atom is 0.243 e. The van der Waals surface area contributed by atoms with E-state index in [4.69, 9.17) is 9.72 Å². The zero-order valence-corrected chi connectivity index (χ0v) is 17.9. The van der Waals surface area contributed by atoms with E-state index < -0.39 is 10.0 Å². The lowest BCUT2D eigenvalue weighted by Gasteiger charge is -2.39. The van der Waals surface area contributed by atoms with E-state index in [0.717, 1.165) is 16.4 Å². The molecule has 0 radical (unpaired) electrons. The first-order chi connectivity index (χ1) is 14.0. The monoisotopic (exact) mass is 430 g/mol. The van der Waals surface area contributed by atoms with Gasteiger partial charge in [-0.1, -0.05) is 0 Å². The highest BCUT2D eigenvalue weighted by molar-refractivity contribution is 7.89. The molecule has 4 rings (SSSR count). The molecule has 0 N–H and O–H groups in total. The van der Waals surface area contributed by atoms with Crippen LogP contribution in [-0.2, 0) is 10.0 Å². The fourth-order valence-corrected chi connectivity index (χ4v) is 5.85. The Labute approximate surface area is 174 Å². The quantitative estimate of drug-likeness (QED) is 0.619. The molecular formula is C20H22N4O3S2. The van der Waals surface area contributed by atoms with Gasteiger partial charge in [0.15, 0.2) is 5.13 Å². The van der Waals surface area contributed by atoms with Crippen molar-refractivity contribution in [3.05, 3.63) is 54.2 Å². The van der Waals surface area contributed by atoms with Crippen molar-refractivity contribution >= 4 is 26.5 Å². The maximum atomic E-state index is 13.0. The van der Waals surface area contributed by atoms with E-state index in [0.29, 0.717) is 25.4 Å². The van der Waals surface area contributed by atoms with Gasteiger partial charge in [0.1, 0.15) is 5.75 Å². The van der Waals surface area contributed by atoms with E-state index in [1.165, 1.54) is 0 Å². The van der Waals surface area contributed by atoms with Gasteiger partial charge in [0.25, 0.3) is 0 Å². The average molecular weight is 431 g/mol. The molecule has 7 nitrogen and oxygen atoms in total. The molecule has 3 heterocycles. The van der Waals surface area contributed by atoms with Crippen molar-refractivity contribution in [1.29, 1.82) is 0 Å². The maximum absolute atomic E-state index is 13.0. The fraction of sp³-hybridized carbons (Fsp3) is 0.300. The fourth-order valence-electron chi connectivity index (χ4n) is 3.37. The predicted octanol–water partition coefficient (Wildman–Crippen LogP) is 3.11. The Kier molecular flexibility index (Phi) is 5.53. The van der Waals surface area contributed by atoms with E-state index in [2.05, 4.69) is 9.88 Å². The van der Waals surface area contributed by atoms with Gasteiger partial charge in [0, 0.05) is 49.0 Å². The molecule has 0 bridgehead atoms. The third-order valence-electron chi connectivity index (χ3n) is 5.00. The van der Waals surface area contributed by atoms with Gasteiger partial charge >= 0.3 is 0 Å². The number of anilines is 1. The van der Waals surface area contributed by atoms with E-state index in [-0.39, 0.29) is 10.9 Å². The molecule has 0 saturated carbocycles. The van der Waals surface area contributed by atoms with E-state index in [1.54, 1.807) is 59.4 Å². The summed E-state index contributed by atoms with van der Waals surface area (Å²) in [7, 11) is -1.98. The second-order valence-corrected chi connectivity index (χ2v) is 9.61. The van der Waals surface area contributed by atoms with Crippen molar-refractivity contribution in [2.75, 3.05) is 31.6 Å². The smallest absolute Gasteiger partial charge is 0.243 e. The molecule has 29 heavy (non-hydrogen) atoms.